The van der Waals surface area contributed by atoms with E-state index in [-0.39, 0.29) is 0 Å². The normalized spacial score (nSPS) is 14.4. The van der Waals surface area contributed by atoms with Crippen molar-refractivity contribution in [2.24, 2.45) is 4.99 Å². The number of benzene rings is 2. The lowest BCUT2D eigenvalue weighted by atomic mass is 10.1. The molecule has 0 amide bonds. The van der Waals surface area contributed by atoms with Gasteiger partial charge in [-0.3, -0.25) is 4.99 Å². The Balaban J connectivity index is 2.18. The smallest absolute Gasteiger partial charge is 0.0707 e. The topological polar surface area (TPSA) is 12.4 Å². The molecule has 0 bridgehead atoms. The summed E-state index contributed by atoms with van der Waals surface area (Å²) < 4.78 is 0. The first-order chi connectivity index (χ1) is 9.25. The van der Waals surface area contributed by atoms with E-state index < -0.39 is 8.80 Å². The highest BCUT2D eigenvalue weighted by Gasteiger charge is 2.19. The van der Waals surface area contributed by atoms with Crippen LogP contribution in [-0.2, 0) is 0 Å². The van der Waals surface area contributed by atoms with Crippen LogP contribution in [0, 0.1) is 10.4 Å². The molecule has 0 aromatic heterocycles. The summed E-state index contributed by atoms with van der Waals surface area (Å²) in [6.07, 6.45) is 4.42. The fourth-order valence-electron chi connectivity index (χ4n) is 3.07. The summed E-state index contributed by atoms with van der Waals surface area (Å²) in [5, 5.41) is 6.71. The Morgan fingerprint density at radius 3 is 2.63 bits per heavy atom. The molecule has 0 atom stereocenters. The van der Waals surface area contributed by atoms with E-state index in [1.54, 1.807) is 0 Å². The fourth-order valence-corrected chi connectivity index (χ4v) is 4.32. The van der Waals surface area contributed by atoms with Gasteiger partial charge < -0.3 is 0 Å². The van der Waals surface area contributed by atoms with Gasteiger partial charge in [-0.05, 0) is 38.6 Å². The van der Waals surface area contributed by atoms with Gasteiger partial charge in [0, 0.05) is 11.8 Å². The van der Waals surface area contributed by atoms with E-state index in [9.17, 15) is 0 Å². The van der Waals surface area contributed by atoms with E-state index in [1.807, 2.05) is 0 Å². The van der Waals surface area contributed by atoms with Crippen molar-refractivity contribution >= 4 is 20.1 Å². The number of hydrogen-bond donors (Lipinski definition) is 0. The molecule has 0 saturated carbocycles. The zero-order valence-electron chi connectivity index (χ0n) is 11.1. The lowest BCUT2D eigenvalue weighted by molar-refractivity contribution is 1.35. The van der Waals surface area contributed by atoms with E-state index in [0.29, 0.717) is 0 Å². The van der Waals surface area contributed by atoms with Gasteiger partial charge in [0.05, 0.1) is 14.2 Å². The summed E-state index contributed by atoms with van der Waals surface area (Å²) in [6.45, 7) is 4.75. The second-order valence-electron chi connectivity index (χ2n) is 5.52. The van der Waals surface area contributed by atoms with Crippen LogP contribution in [0.2, 0.25) is 13.1 Å². The molecule has 1 aliphatic carbocycles. The molecule has 19 heavy (non-hydrogen) atoms. The second-order valence-corrected chi connectivity index (χ2v) is 8.45. The zero-order chi connectivity index (χ0) is 13.0. The minimum Gasteiger partial charge on any atom is -0.256 e. The number of nitrogens with zero attached hydrogens (tertiary/aromatic N) is 1. The van der Waals surface area contributed by atoms with Gasteiger partial charge in [0.15, 0.2) is 0 Å². The average Bonchev–Trinajstić information content (AvgIpc) is 2.99. The molecule has 0 fully saturated rings. The molecule has 0 spiro atoms. The second kappa shape index (κ2) is 3.78. The quantitative estimate of drug-likeness (QED) is 0.595. The van der Waals surface area contributed by atoms with Crippen molar-refractivity contribution in [3.63, 3.8) is 0 Å². The Bertz CT molecular complexity index is 936. The molecular weight excluding hydrogens is 246 g/mol. The number of fused-ring (bicyclic) bond motifs is 4. The highest BCUT2D eigenvalue weighted by atomic mass is 28.3. The van der Waals surface area contributed by atoms with Crippen LogP contribution in [0.25, 0.3) is 11.3 Å². The van der Waals surface area contributed by atoms with Crippen molar-refractivity contribution in [2.75, 3.05) is 0 Å². The average molecular weight is 261 g/mol. The van der Waals surface area contributed by atoms with Gasteiger partial charge in [-0.1, -0.05) is 43.4 Å². The predicted molar refractivity (Wildman–Crippen MR) is 81.8 cm³/mol. The van der Waals surface area contributed by atoms with Gasteiger partial charge in [0.25, 0.3) is 0 Å². The molecule has 0 N–H and O–H groups in total. The van der Waals surface area contributed by atoms with Crippen molar-refractivity contribution in [2.45, 2.75) is 13.1 Å². The summed E-state index contributed by atoms with van der Waals surface area (Å²) in [5.74, 6) is 0. The molecular formula is C17H15NSi. The fraction of sp³-hybridized carbons (Fsp3) is 0.118. The van der Waals surface area contributed by atoms with E-state index in [0.717, 1.165) is 5.36 Å². The molecule has 2 aliphatic rings. The van der Waals surface area contributed by atoms with Gasteiger partial charge in [-0.25, -0.2) is 0 Å². The molecule has 0 radical (unpaired) electrons. The third-order valence-electron chi connectivity index (χ3n) is 4.03. The summed E-state index contributed by atoms with van der Waals surface area (Å²) in [5.41, 5.74) is 2.78. The van der Waals surface area contributed by atoms with Crippen LogP contribution in [0.5, 0.6) is 0 Å². The van der Waals surface area contributed by atoms with Crippen LogP contribution < -0.4 is 10.6 Å². The SMILES string of the molecule is C[SiH](C)C1=CN=c2ccc3c(c21)C=c1ccccc1=3. The molecule has 2 heteroatoms. The Kier molecular flexibility index (Phi) is 2.18. The van der Waals surface area contributed by atoms with Crippen LogP contribution in [0.1, 0.15) is 11.1 Å². The number of rotatable bonds is 1. The maximum Gasteiger partial charge on any atom is 0.0707 e. The monoisotopic (exact) mass is 261 g/mol. The van der Waals surface area contributed by atoms with E-state index >= 15 is 0 Å². The minimum atomic E-state index is -0.845. The molecule has 4 rings (SSSR count). The summed E-state index contributed by atoms with van der Waals surface area (Å²) in [6, 6.07) is 13.0. The first kappa shape index (κ1) is 10.9. The van der Waals surface area contributed by atoms with Crippen LogP contribution in [0.4, 0.5) is 0 Å². The van der Waals surface area contributed by atoms with Gasteiger partial charge in [0.2, 0.25) is 0 Å². The third kappa shape index (κ3) is 1.44. The Morgan fingerprint density at radius 1 is 0.947 bits per heavy atom. The summed E-state index contributed by atoms with van der Waals surface area (Å²) in [4.78, 5) is 4.59. The largest absolute Gasteiger partial charge is 0.256 e. The van der Waals surface area contributed by atoms with E-state index in [2.05, 4.69) is 66.8 Å². The molecule has 2 aromatic rings. The molecule has 0 unspecified atom stereocenters. The Hall–Kier alpha value is -1.93. The minimum absolute atomic E-state index is 0.845. The maximum atomic E-state index is 4.59. The van der Waals surface area contributed by atoms with Crippen molar-refractivity contribution in [3.05, 3.63) is 74.7 Å². The summed E-state index contributed by atoms with van der Waals surface area (Å²) >= 11 is 0. The van der Waals surface area contributed by atoms with Crippen molar-refractivity contribution in [1.82, 2.24) is 0 Å². The zero-order valence-corrected chi connectivity index (χ0v) is 12.3. The number of hydrogen-bond acceptors (Lipinski definition) is 1. The van der Waals surface area contributed by atoms with Crippen LogP contribution >= 0.6 is 0 Å². The third-order valence-corrected chi connectivity index (χ3v) is 5.71. The van der Waals surface area contributed by atoms with Gasteiger partial charge in [0.1, 0.15) is 0 Å². The first-order valence-corrected chi connectivity index (χ1v) is 9.67. The van der Waals surface area contributed by atoms with Crippen molar-refractivity contribution in [1.29, 1.82) is 0 Å². The van der Waals surface area contributed by atoms with Gasteiger partial charge in [-0.2, -0.15) is 0 Å². The van der Waals surface area contributed by atoms with E-state index in [1.165, 1.54) is 32.0 Å². The summed E-state index contributed by atoms with van der Waals surface area (Å²) in [7, 11) is -0.845. The standard InChI is InChI=1S/C17H15NSi/c1-19(2)16-10-18-15-8-7-13-12-6-4-3-5-11(12)9-14(13)17(15)16/h3-10,19H,1-2H3. The van der Waals surface area contributed by atoms with Gasteiger partial charge in [-0.15, -0.1) is 0 Å². The van der Waals surface area contributed by atoms with Crippen molar-refractivity contribution in [3.8, 4) is 0 Å². The Morgan fingerprint density at radius 2 is 1.79 bits per heavy atom. The molecule has 92 valence electrons. The lowest BCUT2D eigenvalue weighted by Crippen LogP contribution is -2.13. The van der Waals surface area contributed by atoms with Gasteiger partial charge >= 0.3 is 0 Å². The van der Waals surface area contributed by atoms with Crippen molar-refractivity contribution < 1.29 is 0 Å². The first-order valence-electron chi connectivity index (χ1n) is 6.78. The van der Waals surface area contributed by atoms with E-state index in [4.69, 9.17) is 0 Å². The van der Waals surface area contributed by atoms with Crippen LogP contribution in [0.15, 0.2) is 47.6 Å². The molecule has 1 heterocycles. The predicted octanol–water partition coefficient (Wildman–Crippen LogP) is 2.12. The maximum absolute atomic E-state index is 4.59. The molecule has 0 saturated heterocycles. The van der Waals surface area contributed by atoms with Crippen LogP contribution in [0.3, 0.4) is 0 Å². The highest BCUT2D eigenvalue weighted by Crippen LogP contribution is 2.25. The van der Waals surface area contributed by atoms with Crippen LogP contribution in [-0.4, -0.2) is 8.80 Å². The Labute approximate surface area is 113 Å². The molecule has 1 aliphatic heterocycles. The lowest BCUT2D eigenvalue weighted by Gasteiger charge is -2.09. The highest BCUT2D eigenvalue weighted by molar-refractivity contribution is 6.77. The molecule has 1 nitrogen and oxygen atoms in total. The molecule has 2 aromatic carbocycles.